The Morgan fingerprint density at radius 3 is 2.45 bits per heavy atom. The average Bonchev–Trinajstić information content (AvgIpc) is 3.19. The highest BCUT2D eigenvalue weighted by Crippen LogP contribution is 2.38. The number of thiophene rings is 1. The molecule has 0 saturated heterocycles. The minimum absolute atomic E-state index is 0.146. The van der Waals surface area contributed by atoms with Gasteiger partial charge in [0.15, 0.2) is 17.3 Å². The van der Waals surface area contributed by atoms with E-state index in [4.69, 9.17) is 9.47 Å². The first kappa shape index (κ1) is 22.3. The van der Waals surface area contributed by atoms with Crippen LogP contribution in [0.3, 0.4) is 0 Å². The van der Waals surface area contributed by atoms with Crippen molar-refractivity contribution in [3.8, 4) is 11.5 Å². The number of carbonyl (C=O) groups excluding carboxylic acids is 2. The molecule has 1 N–H and O–H groups in total. The molecule has 0 bridgehead atoms. The highest BCUT2D eigenvalue weighted by molar-refractivity contribution is 7.12. The maximum Gasteiger partial charge on any atom is 0.346 e. The number of ether oxygens (including phenoxy) is 2. The van der Waals surface area contributed by atoms with Crippen LogP contribution in [0.1, 0.15) is 31.2 Å². The van der Waals surface area contributed by atoms with Crippen molar-refractivity contribution < 1.29 is 42.1 Å². The zero-order valence-corrected chi connectivity index (χ0v) is 17.7. The van der Waals surface area contributed by atoms with Gasteiger partial charge in [0.25, 0.3) is 5.91 Å². The van der Waals surface area contributed by atoms with Crippen molar-refractivity contribution >= 4 is 34.8 Å². The van der Waals surface area contributed by atoms with Gasteiger partial charge in [-0.1, -0.05) is 6.07 Å². The Labute approximate surface area is 188 Å². The number of anilines is 1. The number of hydrogen-bond acceptors (Lipinski definition) is 6. The second kappa shape index (κ2) is 8.58. The highest BCUT2D eigenvalue weighted by Gasteiger charge is 2.38. The van der Waals surface area contributed by atoms with E-state index in [-0.39, 0.29) is 39.5 Å². The van der Waals surface area contributed by atoms with Gasteiger partial charge in [-0.3, -0.25) is 9.59 Å². The van der Waals surface area contributed by atoms with Crippen molar-refractivity contribution in [2.24, 2.45) is 0 Å². The number of hydrogen-bond donors (Lipinski definition) is 1. The standard InChI is InChI=1S/C22H14F3NO6S/c1-31-16-6-14(25)15(7-17(16)32-8-11-12(23)3-2-4-13(11)24)26-18(27)5-10-9-33-20(22(29)30)19(10)21(26)28/h2-4,6-7,9H,5,8H2,1H3,(H,29,30). The molecule has 11 heteroatoms. The van der Waals surface area contributed by atoms with Crippen LogP contribution in [0, 0.1) is 17.5 Å². The largest absolute Gasteiger partial charge is 0.493 e. The van der Waals surface area contributed by atoms with Crippen LogP contribution in [-0.4, -0.2) is 30.0 Å². The van der Waals surface area contributed by atoms with Gasteiger partial charge in [-0.2, -0.15) is 0 Å². The van der Waals surface area contributed by atoms with E-state index < -0.39 is 47.5 Å². The molecule has 2 amide bonds. The molecule has 1 aliphatic rings. The van der Waals surface area contributed by atoms with Crippen molar-refractivity contribution in [3.05, 3.63) is 74.7 Å². The molecule has 33 heavy (non-hydrogen) atoms. The SMILES string of the molecule is COc1cc(F)c(N2C(=O)Cc3csc(C(=O)O)c3C2=O)cc1OCc1c(F)cccc1F. The molecule has 0 radical (unpaired) electrons. The van der Waals surface area contributed by atoms with Gasteiger partial charge in [-0.15, -0.1) is 11.3 Å². The van der Waals surface area contributed by atoms with E-state index >= 15 is 0 Å². The van der Waals surface area contributed by atoms with E-state index in [2.05, 4.69) is 0 Å². The Balaban J connectivity index is 1.74. The predicted octanol–water partition coefficient (Wildman–Crippen LogP) is 4.18. The number of fused-ring (bicyclic) bond motifs is 1. The van der Waals surface area contributed by atoms with Gasteiger partial charge < -0.3 is 14.6 Å². The molecule has 0 saturated carbocycles. The molecular formula is C22H14F3NO6S. The molecule has 1 aliphatic heterocycles. The minimum atomic E-state index is -1.35. The first-order valence-corrected chi connectivity index (χ1v) is 10.2. The highest BCUT2D eigenvalue weighted by atomic mass is 32.1. The summed E-state index contributed by atoms with van der Waals surface area (Å²) in [4.78, 5) is 37.4. The maximum absolute atomic E-state index is 14.9. The lowest BCUT2D eigenvalue weighted by atomic mass is 10.0. The first-order chi connectivity index (χ1) is 15.7. The van der Waals surface area contributed by atoms with Crippen molar-refractivity contribution in [2.75, 3.05) is 12.0 Å². The number of carbonyl (C=O) groups is 3. The molecule has 3 aromatic rings. The van der Waals surface area contributed by atoms with Crippen molar-refractivity contribution in [1.29, 1.82) is 0 Å². The van der Waals surface area contributed by atoms with Crippen LogP contribution in [0.2, 0.25) is 0 Å². The predicted molar refractivity (Wildman–Crippen MR) is 110 cm³/mol. The van der Waals surface area contributed by atoms with Crippen LogP contribution in [0.4, 0.5) is 18.9 Å². The molecule has 0 spiro atoms. The zero-order chi connectivity index (χ0) is 23.9. The molecule has 0 atom stereocenters. The fourth-order valence-corrected chi connectivity index (χ4v) is 4.31. The summed E-state index contributed by atoms with van der Waals surface area (Å²) in [6, 6.07) is 5.10. The van der Waals surface area contributed by atoms with Gasteiger partial charge in [-0.25, -0.2) is 22.9 Å². The number of rotatable bonds is 6. The lowest BCUT2D eigenvalue weighted by molar-refractivity contribution is -0.117. The Kier molecular flexibility index (Phi) is 5.81. The van der Waals surface area contributed by atoms with E-state index in [1.54, 1.807) is 0 Å². The van der Waals surface area contributed by atoms with Crippen LogP contribution in [-0.2, 0) is 17.8 Å². The topological polar surface area (TPSA) is 93.1 Å². The van der Waals surface area contributed by atoms with Crippen LogP contribution in [0.5, 0.6) is 11.5 Å². The second-order valence-electron chi connectivity index (χ2n) is 6.92. The monoisotopic (exact) mass is 477 g/mol. The van der Waals surface area contributed by atoms with Crippen LogP contribution in [0.25, 0.3) is 0 Å². The number of aromatic carboxylic acids is 1. The zero-order valence-electron chi connectivity index (χ0n) is 16.9. The van der Waals surface area contributed by atoms with Crippen LogP contribution in [0.15, 0.2) is 35.7 Å². The Bertz CT molecular complexity index is 1290. The third kappa shape index (κ3) is 3.91. The van der Waals surface area contributed by atoms with Crippen LogP contribution < -0.4 is 14.4 Å². The Hall–Kier alpha value is -3.86. The number of halogens is 3. The quantitative estimate of drug-likeness (QED) is 0.536. The average molecular weight is 477 g/mol. The van der Waals surface area contributed by atoms with Crippen molar-refractivity contribution in [3.63, 3.8) is 0 Å². The number of amides is 2. The van der Waals surface area contributed by atoms with Crippen molar-refractivity contribution in [2.45, 2.75) is 13.0 Å². The van der Waals surface area contributed by atoms with E-state index in [1.807, 2.05) is 0 Å². The normalized spacial score (nSPS) is 13.2. The van der Waals surface area contributed by atoms with Crippen molar-refractivity contribution in [1.82, 2.24) is 0 Å². The fourth-order valence-electron chi connectivity index (χ4n) is 3.41. The summed E-state index contributed by atoms with van der Waals surface area (Å²) in [5.41, 5.74) is -0.852. The first-order valence-electron chi connectivity index (χ1n) is 9.37. The van der Waals surface area contributed by atoms with Gasteiger partial charge in [0.1, 0.15) is 23.1 Å². The molecule has 2 heterocycles. The molecule has 7 nitrogen and oxygen atoms in total. The maximum atomic E-state index is 14.9. The van der Waals surface area contributed by atoms with Gasteiger partial charge in [-0.05, 0) is 23.1 Å². The van der Waals surface area contributed by atoms with E-state index in [0.29, 0.717) is 4.90 Å². The van der Waals surface area contributed by atoms with E-state index in [1.165, 1.54) is 18.6 Å². The van der Waals surface area contributed by atoms with Gasteiger partial charge in [0.2, 0.25) is 5.91 Å². The number of methoxy groups -OCH3 is 1. The number of nitrogens with zero attached hydrogens (tertiary/aromatic N) is 1. The molecule has 1 aromatic heterocycles. The van der Waals surface area contributed by atoms with Crippen LogP contribution >= 0.6 is 11.3 Å². The summed E-state index contributed by atoms with van der Waals surface area (Å²) in [5, 5.41) is 10.7. The Morgan fingerprint density at radius 1 is 1.12 bits per heavy atom. The number of benzene rings is 2. The van der Waals surface area contributed by atoms with Gasteiger partial charge >= 0.3 is 5.97 Å². The smallest absolute Gasteiger partial charge is 0.346 e. The minimum Gasteiger partial charge on any atom is -0.493 e. The number of imide groups is 1. The molecule has 0 fully saturated rings. The molecule has 2 aromatic carbocycles. The molecule has 0 aliphatic carbocycles. The number of carboxylic acid groups (broad SMARTS) is 1. The summed E-state index contributed by atoms with van der Waals surface area (Å²) in [5.74, 6) is -6.21. The summed E-state index contributed by atoms with van der Waals surface area (Å²) in [6.07, 6.45) is -0.313. The van der Waals surface area contributed by atoms with E-state index in [0.717, 1.165) is 35.6 Å². The molecule has 4 rings (SSSR count). The lowest BCUT2D eigenvalue weighted by Gasteiger charge is -2.26. The third-order valence-corrected chi connectivity index (χ3v) is 5.99. The summed E-state index contributed by atoms with van der Waals surface area (Å²) in [6.45, 7) is -0.584. The summed E-state index contributed by atoms with van der Waals surface area (Å²) < 4.78 is 53.2. The summed E-state index contributed by atoms with van der Waals surface area (Å²) >= 11 is 0.790. The number of carboxylic acids is 1. The second-order valence-corrected chi connectivity index (χ2v) is 7.80. The van der Waals surface area contributed by atoms with Gasteiger partial charge in [0.05, 0.1) is 30.3 Å². The Morgan fingerprint density at radius 2 is 1.82 bits per heavy atom. The fraction of sp³-hybridized carbons (Fsp3) is 0.136. The molecule has 0 unspecified atom stereocenters. The molecule has 170 valence electrons. The van der Waals surface area contributed by atoms with E-state index in [9.17, 15) is 32.7 Å². The molecular weight excluding hydrogens is 463 g/mol. The van der Waals surface area contributed by atoms with Gasteiger partial charge in [0, 0.05) is 12.1 Å². The summed E-state index contributed by atoms with van der Waals surface area (Å²) in [7, 11) is 1.21. The lowest BCUT2D eigenvalue weighted by Crippen LogP contribution is -2.43. The third-order valence-electron chi connectivity index (χ3n) is 4.98.